The van der Waals surface area contributed by atoms with E-state index in [2.05, 4.69) is 10.2 Å². The third-order valence-electron chi connectivity index (χ3n) is 6.94. The van der Waals surface area contributed by atoms with Crippen molar-refractivity contribution in [2.75, 3.05) is 25.7 Å². The predicted octanol–water partition coefficient (Wildman–Crippen LogP) is 5.50. The lowest BCUT2D eigenvalue weighted by molar-refractivity contribution is 0.0507. The molecule has 12 nitrogen and oxygen atoms in total. The quantitative estimate of drug-likeness (QED) is 0.215. The summed E-state index contributed by atoms with van der Waals surface area (Å²) in [5.41, 5.74) is 2.91. The Labute approximate surface area is 282 Å². The molecule has 0 unspecified atom stereocenters. The minimum Gasteiger partial charge on any atom is -0.461 e. The highest BCUT2D eigenvalue weighted by molar-refractivity contribution is 7.91. The van der Waals surface area contributed by atoms with Crippen molar-refractivity contribution in [1.82, 2.24) is 19.6 Å². The van der Waals surface area contributed by atoms with Crippen molar-refractivity contribution in [3.05, 3.63) is 83.4 Å². The van der Waals surface area contributed by atoms with Crippen molar-refractivity contribution in [3.63, 3.8) is 0 Å². The molecule has 0 saturated carbocycles. The number of esters is 2. The van der Waals surface area contributed by atoms with Crippen molar-refractivity contribution in [3.8, 4) is 11.4 Å². The van der Waals surface area contributed by atoms with Crippen LogP contribution in [-0.2, 0) is 40.0 Å². The Bertz CT molecular complexity index is 1980. The molecule has 0 fully saturated rings. The van der Waals surface area contributed by atoms with E-state index in [-0.39, 0.29) is 39.5 Å². The van der Waals surface area contributed by atoms with E-state index in [0.717, 1.165) is 23.9 Å². The van der Waals surface area contributed by atoms with Gasteiger partial charge in [0.05, 0.1) is 45.8 Å². The van der Waals surface area contributed by atoms with Gasteiger partial charge in [-0.3, -0.25) is 0 Å². The van der Waals surface area contributed by atoms with Crippen LogP contribution >= 0.6 is 0 Å². The van der Waals surface area contributed by atoms with Crippen LogP contribution in [0.5, 0.6) is 0 Å². The lowest BCUT2D eigenvalue weighted by atomic mass is 9.91. The first-order chi connectivity index (χ1) is 22.1. The highest BCUT2D eigenvalue weighted by atomic mass is 32.2. The van der Waals surface area contributed by atoms with E-state index in [9.17, 15) is 26.4 Å². The van der Waals surface area contributed by atoms with Gasteiger partial charge in [0.1, 0.15) is 0 Å². The first kappa shape index (κ1) is 38.2. The van der Waals surface area contributed by atoms with E-state index in [1.165, 1.54) is 28.9 Å². The molecule has 0 N–H and O–H groups in total. The molecule has 0 spiro atoms. The van der Waals surface area contributed by atoms with E-state index in [0.29, 0.717) is 17.1 Å². The Morgan fingerprint density at radius 1 is 0.646 bits per heavy atom. The first-order valence-corrected chi connectivity index (χ1v) is 19.0. The van der Waals surface area contributed by atoms with Crippen LogP contribution < -0.4 is 0 Å². The summed E-state index contributed by atoms with van der Waals surface area (Å²) in [5.74, 6) is -0.942. The summed E-state index contributed by atoms with van der Waals surface area (Å²) in [6.07, 6.45) is 2.31. The molecule has 0 saturated heterocycles. The molecule has 14 heteroatoms. The van der Waals surface area contributed by atoms with Gasteiger partial charge in [-0.2, -0.15) is 10.2 Å². The number of hydrogen-bond donors (Lipinski definition) is 0. The number of carbonyl (C=O) groups is 2. The largest absolute Gasteiger partial charge is 0.461 e. The minimum absolute atomic E-state index is 0.215. The summed E-state index contributed by atoms with van der Waals surface area (Å²) < 4.78 is 59.6. The average Bonchev–Trinajstić information content (AvgIpc) is 3.64. The molecule has 0 aliphatic carbocycles. The van der Waals surface area contributed by atoms with Crippen molar-refractivity contribution in [2.45, 2.75) is 76.0 Å². The molecule has 260 valence electrons. The molecule has 0 aliphatic rings. The number of carbonyl (C=O) groups excluding carboxylic acids is 2. The number of benzene rings is 2. The van der Waals surface area contributed by atoms with Crippen LogP contribution in [0.2, 0.25) is 0 Å². The van der Waals surface area contributed by atoms with Crippen molar-refractivity contribution in [2.24, 2.45) is 0 Å². The summed E-state index contributed by atoms with van der Waals surface area (Å²) in [6, 6.07) is 16.1. The molecular weight excluding hydrogens is 657 g/mol. The van der Waals surface area contributed by atoms with Gasteiger partial charge in [-0.1, -0.05) is 41.5 Å². The van der Waals surface area contributed by atoms with Gasteiger partial charge >= 0.3 is 11.9 Å². The van der Waals surface area contributed by atoms with E-state index < -0.39 is 31.6 Å². The van der Waals surface area contributed by atoms with Crippen LogP contribution in [-0.4, -0.2) is 74.1 Å². The normalized spacial score (nSPS) is 12.2. The number of hydrogen-bond acceptors (Lipinski definition) is 10. The molecule has 4 rings (SSSR count). The maximum atomic E-state index is 12.2. The highest BCUT2D eigenvalue weighted by Gasteiger charge is 2.26. The highest BCUT2D eigenvalue weighted by Crippen LogP contribution is 2.27. The standard InChI is InChI=1S/2C17H22N2O4S/c1-6-23-16(20)14-11-15(17(2,3)4)18-19(14)12-7-9-13(10-8-12)24(5,21)22;1-6-23-16(20)14-11-15(17(2,3)4)19(18-14)12-7-9-13(10-8-12)24(5,21)22/h2*7-11H,6H2,1-5H3. The molecule has 4 aromatic rings. The first-order valence-electron chi connectivity index (χ1n) is 15.2. The van der Waals surface area contributed by atoms with Crippen molar-refractivity contribution < 1.29 is 35.9 Å². The van der Waals surface area contributed by atoms with Gasteiger partial charge in [0, 0.05) is 23.3 Å². The van der Waals surface area contributed by atoms with Crippen LogP contribution in [0.1, 0.15) is 87.8 Å². The summed E-state index contributed by atoms with van der Waals surface area (Å²) >= 11 is 0. The molecular formula is C34H44N4O8S2. The van der Waals surface area contributed by atoms with Gasteiger partial charge < -0.3 is 9.47 Å². The molecule has 2 aromatic carbocycles. The van der Waals surface area contributed by atoms with Gasteiger partial charge in [-0.05, 0) is 74.5 Å². The van der Waals surface area contributed by atoms with Gasteiger partial charge in [0.25, 0.3) is 0 Å². The van der Waals surface area contributed by atoms with E-state index in [4.69, 9.17) is 9.47 Å². The Balaban J connectivity index is 0.000000260. The minimum atomic E-state index is -3.28. The summed E-state index contributed by atoms with van der Waals surface area (Å²) in [6.45, 7) is 16.1. The van der Waals surface area contributed by atoms with Crippen LogP contribution in [0.3, 0.4) is 0 Å². The SMILES string of the molecule is CCOC(=O)c1cc(C(C)(C)C)n(-c2ccc(S(C)(=O)=O)cc2)n1.CCOC(=O)c1cc(C(C)(C)C)nn1-c1ccc(S(C)(=O)=O)cc1. The number of ether oxygens (including phenoxy) is 2. The smallest absolute Gasteiger partial charge is 0.358 e. The van der Waals surface area contributed by atoms with E-state index >= 15 is 0 Å². The number of aromatic nitrogens is 4. The predicted molar refractivity (Wildman–Crippen MR) is 183 cm³/mol. The lowest BCUT2D eigenvalue weighted by Crippen LogP contribution is -2.17. The third kappa shape index (κ3) is 9.41. The van der Waals surface area contributed by atoms with Crippen LogP contribution in [0.4, 0.5) is 0 Å². The monoisotopic (exact) mass is 700 g/mol. The summed E-state index contributed by atoms with van der Waals surface area (Å²) in [4.78, 5) is 24.7. The zero-order valence-corrected chi connectivity index (χ0v) is 30.7. The van der Waals surface area contributed by atoms with Gasteiger partial charge in [0.15, 0.2) is 31.1 Å². The van der Waals surface area contributed by atoms with Crippen molar-refractivity contribution in [1.29, 1.82) is 0 Å². The van der Waals surface area contributed by atoms with Crippen LogP contribution in [0, 0.1) is 0 Å². The molecule has 48 heavy (non-hydrogen) atoms. The van der Waals surface area contributed by atoms with E-state index in [1.807, 2.05) is 41.5 Å². The van der Waals surface area contributed by atoms with Crippen molar-refractivity contribution >= 4 is 31.6 Å². The molecule has 0 aliphatic heterocycles. The second kappa shape index (κ2) is 14.4. The molecule has 2 heterocycles. The fraction of sp³-hybridized carbons (Fsp3) is 0.412. The number of rotatable bonds is 8. The summed E-state index contributed by atoms with van der Waals surface area (Å²) in [7, 11) is -6.54. The molecule has 0 radical (unpaired) electrons. The fourth-order valence-corrected chi connectivity index (χ4v) is 5.64. The zero-order chi connectivity index (χ0) is 36.2. The van der Waals surface area contributed by atoms with Gasteiger partial charge in [0.2, 0.25) is 0 Å². The van der Waals surface area contributed by atoms with Gasteiger partial charge in [-0.15, -0.1) is 0 Å². The molecule has 2 aromatic heterocycles. The summed E-state index contributed by atoms with van der Waals surface area (Å²) in [5, 5.41) is 8.86. The number of nitrogens with zero attached hydrogens (tertiary/aromatic N) is 4. The molecule has 0 amide bonds. The molecule has 0 bridgehead atoms. The Kier molecular flexibility index (Phi) is 11.5. The van der Waals surface area contributed by atoms with E-state index in [1.54, 1.807) is 54.9 Å². The fourth-order valence-electron chi connectivity index (χ4n) is 4.38. The van der Waals surface area contributed by atoms with Crippen LogP contribution in [0.25, 0.3) is 11.4 Å². The second-order valence-electron chi connectivity index (χ2n) is 13.1. The Hall–Kier alpha value is -4.30. The topological polar surface area (TPSA) is 157 Å². The maximum Gasteiger partial charge on any atom is 0.358 e. The lowest BCUT2D eigenvalue weighted by Gasteiger charge is -2.20. The molecule has 0 atom stereocenters. The maximum absolute atomic E-state index is 12.2. The Morgan fingerprint density at radius 2 is 1.08 bits per heavy atom. The number of sulfone groups is 2. The van der Waals surface area contributed by atoms with Gasteiger partial charge in [-0.25, -0.2) is 35.8 Å². The Morgan fingerprint density at radius 3 is 1.48 bits per heavy atom. The average molecular weight is 701 g/mol. The van der Waals surface area contributed by atoms with Crippen LogP contribution in [0.15, 0.2) is 70.5 Å². The second-order valence-corrected chi connectivity index (χ2v) is 17.2. The zero-order valence-electron chi connectivity index (χ0n) is 29.1. The third-order valence-corrected chi connectivity index (χ3v) is 9.20.